The van der Waals surface area contributed by atoms with E-state index in [4.69, 9.17) is 4.74 Å². The van der Waals surface area contributed by atoms with Gasteiger partial charge in [-0.25, -0.2) is 0 Å². The Labute approximate surface area is 160 Å². The maximum absolute atomic E-state index is 12.3. The smallest absolute Gasteiger partial charge is 0.258 e. The first kappa shape index (κ1) is 18.0. The number of nitrogens with zero attached hydrogens (tertiary/aromatic N) is 3. The fourth-order valence-electron chi connectivity index (χ4n) is 3.39. The van der Waals surface area contributed by atoms with Crippen LogP contribution in [-0.4, -0.2) is 27.3 Å². The number of para-hydroxylation sites is 1. The van der Waals surface area contributed by atoms with Gasteiger partial charge in [-0.1, -0.05) is 39.0 Å². The molecule has 0 bridgehead atoms. The first-order valence-corrected chi connectivity index (χ1v) is 9.86. The van der Waals surface area contributed by atoms with Gasteiger partial charge in [0.15, 0.2) is 12.4 Å². The predicted molar refractivity (Wildman–Crippen MR) is 103 cm³/mol. The molecule has 0 saturated heterocycles. The molecule has 1 N–H and O–H groups in total. The molecular formula is C21H28N4O2. The Bertz CT molecular complexity index is 829. The van der Waals surface area contributed by atoms with Gasteiger partial charge < -0.3 is 14.6 Å². The highest BCUT2D eigenvalue weighted by molar-refractivity contribution is 5.77. The summed E-state index contributed by atoms with van der Waals surface area (Å²) < 4.78 is 8.06. The van der Waals surface area contributed by atoms with Crippen molar-refractivity contribution in [2.24, 2.45) is 0 Å². The molecule has 1 aromatic carbocycles. The minimum atomic E-state index is -0.142. The summed E-state index contributed by atoms with van der Waals surface area (Å²) in [4.78, 5) is 12.3. The number of carbonyl (C=O) groups is 1. The Morgan fingerprint density at radius 1 is 1.19 bits per heavy atom. The minimum Gasteiger partial charge on any atom is -0.483 e. The Kier molecular flexibility index (Phi) is 4.66. The Morgan fingerprint density at radius 3 is 2.59 bits per heavy atom. The average Bonchev–Trinajstić information content (AvgIpc) is 3.56. The molecule has 2 aliphatic rings. The lowest BCUT2D eigenvalue weighted by Crippen LogP contribution is -2.30. The third kappa shape index (κ3) is 4.15. The Balaban J connectivity index is 1.35. The van der Waals surface area contributed by atoms with Gasteiger partial charge in [0.1, 0.15) is 11.6 Å². The second-order valence-electron chi connectivity index (χ2n) is 8.66. The molecule has 6 heteroatoms. The molecule has 2 fully saturated rings. The number of carbonyl (C=O) groups excluding carboxylic acids is 1. The summed E-state index contributed by atoms with van der Waals surface area (Å²) in [6, 6.07) is 8.41. The third-order valence-electron chi connectivity index (χ3n) is 5.14. The van der Waals surface area contributed by atoms with E-state index in [-0.39, 0.29) is 17.9 Å². The highest BCUT2D eigenvalue weighted by atomic mass is 16.5. The van der Waals surface area contributed by atoms with Gasteiger partial charge in [0.25, 0.3) is 5.91 Å². The Hall–Kier alpha value is -2.37. The SMILES string of the molecule is CC(C)(C)c1ccccc1OCC(=O)NCc1nnc(C2CC2)n1C1CC1. The number of ether oxygens (including phenoxy) is 1. The van der Waals surface area contributed by atoms with E-state index in [9.17, 15) is 4.79 Å². The lowest BCUT2D eigenvalue weighted by atomic mass is 9.86. The molecule has 2 saturated carbocycles. The van der Waals surface area contributed by atoms with Crippen LogP contribution < -0.4 is 10.1 Å². The number of amides is 1. The lowest BCUT2D eigenvalue weighted by Gasteiger charge is -2.22. The molecule has 144 valence electrons. The molecule has 1 aromatic heterocycles. The van der Waals surface area contributed by atoms with Crippen LogP contribution >= 0.6 is 0 Å². The average molecular weight is 368 g/mol. The zero-order valence-electron chi connectivity index (χ0n) is 16.4. The van der Waals surface area contributed by atoms with Gasteiger partial charge in [-0.05, 0) is 42.7 Å². The number of hydrogen-bond donors (Lipinski definition) is 1. The minimum absolute atomic E-state index is 0.000140. The third-order valence-corrected chi connectivity index (χ3v) is 5.14. The Morgan fingerprint density at radius 2 is 1.93 bits per heavy atom. The van der Waals surface area contributed by atoms with E-state index in [1.807, 2.05) is 24.3 Å². The van der Waals surface area contributed by atoms with E-state index in [1.54, 1.807) is 0 Å². The molecule has 0 radical (unpaired) electrons. The molecule has 4 rings (SSSR count). The monoisotopic (exact) mass is 368 g/mol. The fraction of sp³-hybridized carbons (Fsp3) is 0.571. The van der Waals surface area contributed by atoms with Crippen molar-refractivity contribution in [2.45, 2.75) is 70.4 Å². The molecular weight excluding hydrogens is 340 g/mol. The molecule has 1 amide bonds. The lowest BCUT2D eigenvalue weighted by molar-refractivity contribution is -0.123. The molecule has 0 unspecified atom stereocenters. The summed E-state index contributed by atoms with van der Waals surface area (Å²) in [7, 11) is 0. The van der Waals surface area contributed by atoms with Gasteiger partial charge in [0.2, 0.25) is 0 Å². The molecule has 2 aromatic rings. The van der Waals surface area contributed by atoms with E-state index in [0.717, 1.165) is 23.0 Å². The second-order valence-corrected chi connectivity index (χ2v) is 8.66. The van der Waals surface area contributed by atoms with Crippen LogP contribution in [0.4, 0.5) is 0 Å². The van der Waals surface area contributed by atoms with Gasteiger partial charge in [-0.15, -0.1) is 10.2 Å². The summed E-state index contributed by atoms with van der Waals surface area (Å²) in [5.41, 5.74) is 1.06. The molecule has 27 heavy (non-hydrogen) atoms. The molecule has 6 nitrogen and oxygen atoms in total. The van der Waals surface area contributed by atoms with Crippen molar-refractivity contribution in [1.82, 2.24) is 20.1 Å². The maximum atomic E-state index is 12.3. The van der Waals surface area contributed by atoms with Gasteiger partial charge in [-0.3, -0.25) is 4.79 Å². The maximum Gasteiger partial charge on any atom is 0.258 e. The van der Waals surface area contributed by atoms with Crippen LogP contribution in [0.1, 0.15) is 75.6 Å². The molecule has 0 spiro atoms. The number of hydrogen-bond acceptors (Lipinski definition) is 4. The van der Waals surface area contributed by atoms with Crippen LogP contribution in [0.25, 0.3) is 0 Å². The summed E-state index contributed by atoms with van der Waals surface area (Å²) >= 11 is 0. The number of benzene rings is 1. The summed E-state index contributed by atoms with van der Waals surface area (Å²) in [5.74, 6) is 3.16. The van der Waals surface area contributed by atoms with Crippen LogP contribution in [0.3, 0.4) is 0 Å². The summed E-state index contributed by atoms with van der Waals surface area (Å²) in [6.07, 6.45) is 4.79. The number of rotatable bonds is 7. The first-order valence-electron chi connectivity index (χ1n) is 9.86. The van der Waals surface area contributed by atoms with Crippen molar-refractivity contribution >= 4 is 5.91 Å². The second kappa shape index (κ2) is 6.98. The predicted octanol–water partition coefficient (Wildman–Crippen LogP) is 3.48. The normalized spacial score (nSPS) is 17.0. The zero-order valence-corrected chi connectivity index (χ0v) is 16.4. The highest BCUT2D eigenvalue weighted by Gasteiger charge is 2.36. The van der Waals surface area contributed by atoms with Crippen molar-refractivity contribution in [3.8, 4) is 5.75 Å². The van der Waals surface area contributed by atoms with Crippen molar-refractivity contribution in [1.29, 1.82) is 0 Å². The van der Waals surface area contributed by atoms with Crippen LogP contribution in [0.5, 0.6) is 5.75 Å². The number of nitrogens with one attached hydrogen (secondary N) is 1. The van der Waals surface area contributed by atoms with Crippen molar-refractivity contribution < 1.29 is 9.53 Å². The van der Waals surface area contributed by atoms with Crippen molar-refractivity contribution in [2.75, 3.05) is 6.61 Å². The zero-order chi connectivity index (χ0) is 19.0. The van der Waals surface area contributed by atoms with E-state index in [1.165, 1.54) is 25.7 Å². The first-order chi connectivity index (χ1) is 12.9. The largest absolute Gasteiger partial charge is 0.483 e. The molecule has 1 heterocycles. The summed E-state index contributed by atoms with van der Waals surface area (Å²) in [5, 5.41) is 11.6. The van der Waals surface area contributed by atoms with E-state index in [0.29, 0.717) is 18.5 Å². The van der Waals surface area contributed by atoms with Crippen LogP contribution in [0.2, 0.25) is 0 Å². The van der Waals surface area contributed by atoms with Crippen molar-refractivity contribution in [3.05, 3.63) is 41.5 Å². The topological polar surface area (TPSA) is 69.0 Å². The fourth-order valence-corrected chi connectivity index (χ4v) is 3.39. The van der Waals surface area contributed by atoms with E-state index >= 15 is 0 Å². The van der Waals surface area contributed by atoms with Crippen LogP contribution in [0, 0.1) is 0 Å². The molecule has 0 atom stereocenters. The van der Waals surface area contributed by atoms with E-state index < -0.39 is 0 Å². The van der Waals surface area contributed by atoms with Gasteiger partial charge >= 0.3 is 0 Å². The molecule has 2 aliphatic carbocycles. The van der Waals surface area contributed by atoms with Crippen molar-refractivity contribution in [3.63, 3.8) is 0 Å². The highest BCUT2D eigenvalue weighted by Crippen LogP contribution is 2.44. The van der Waals surface area contributed by atoms with Gasteiger partial charge in [0, 0.05) is 12.0 Å². The standard InChI is InChI=1S/C21H28N4O2/c1-21(2,3)16-6-4-5-7-17(16)27-13-19(26)22-12-18-23-24-20(14-8-9-14)25(18)15-10-11-15/h4-7,14-15H,8-13H2,1-3H3,(H,22,26). The van der Waals surface area contributed by atoms with E-state index in [2.05, 4.69) is 40.9 Å². The van der Waals surface area contributed by atoms with Gasteiger partial charge in [0.05, 0.1) is 6.54 Å². The number of aromatic nitrogens is 3. The molecule has 0 aliphatic heterocycles. The van der Waals surface area contributed by atoms with Crippen LogP contribution in [0.15, 0.2) is 24.3 Å². The quantitative estimate of drug-likeness (QED) is 0.812. The van der Waals surface area contributed by atoms with Gasteiger partial charge in [-0.2, -0.15) is 0 Å². The summed E-state index contributed by atoms with van der Waals surface area (Å²) in [6.45, 7) is 6.81. The van der Waals surface area contributed by atoms with Crippen LogP contribution in [-0.2, 0) is 16.8 Å².